The third kappa shape index (κ3) is 5.10. The lowest BCUT2D eigenvalue weighted by Crippen LogP contribution is -2.31. The number of hydrogen-bond acceptors (Lipinski definition) is 6. The van der Waals surface area contributed by atoms with E-state index in [1.807, 2.05) is 60.5 Å². The van der Waals surface area contributed by atoms with E-state index in [0.717, 1.165) is 53.3 Å². The van der Waals surface area contributed by atoms with Crippen LogP contribution in [0.25, 0.3) is 22.3 Å². The van der Waals surface area contributed by atoms with Crippen molar-refractivity contribution in [1.82, 2.24) is 24.8 Å². The third-order valence-electron chi connectivity index (χ3n) is 7.77. The molecule has 1 saturated carbocycles. The molecule has 3 heterocycles. The summed E-state index contributed by atoms with van der Waals surface area (Å²) < 4.78 is 13.5. The smallest absolute Gasteiger partial charge is 0.275 e. The first-order valence-corrected chi connectivity index (χ1v) is 13.4. The van der Waals surface area contributed by atoms with Crippen LogP contribution in [0.3, 0.4) is 0 Å². The lowest BCUT2D eigenvalue weighted by molar-refractivity contribution is 0.0767. The molecule has 1 amide bonds. The Labute approximate surface area is 216 Å². The zero-order chi connectivity index (χ0) is 25.2. The topological polar surface area (TPSA) is 86.3 Å². The molecule has 4 aromatic rings. The molecule has 1 aliphatic carbocycles. The minimum absolute atomic E-state index is 0.0466. The van der Waals surface area contributed by atoms with Crippen molar-refractivity contribution in [1.29, 1.82) is 0 Å². The molecule has 8 heteroatoms. The van der Waals surface area contributed by atoms with Gasteiger partial charge < -0.3 is 14.2 Å². The fourth-order valence-electron chi connectivity index (χ4n) is 5.68. The lowest BCUT2D eigenvalue weighted by Gasteiger charge is -2.20. The van der Waals surface area contributed by atoms with E-state index < -0.39 is 0 Å². The highest BCUT2D eigenvalue weighted by molar-refractivity contribution is 6.04. The number of carbonyl (C=O) groups excluding carboxylic acids is 1. The Hall–Kier alpha value is -3.68. The number of ether oxygens (including phenoxy) is 1. The Morgan fingerprint density at radius 3 is 2.70 bits per heavy atom. The molecule has 2 aromatic heterocycles. The van der Waals surface area contributed by atoms with E-state index in [1.165, 1.54) is 32.1 Å². The summed E-state index contributed by atoms with van der Waals surface area (Å²) in [6.07, 6.45) is 9.45. The Morgan fingerprint density at radius 1 is 1.05 bits per heavy atom. The molecule has 1 saturated heterocycles. The van der Waals surface area contributed by atoms with Gasteiger partial charge in [0.05, 0.1) is 12.1 Å². The quantitative estimate of drug-likeness (QED) is 0.337. The molecular weight excluding hydrogens is 466 g/mol. The van der Waals surface area contributed by atoms with E-state index in [1.54, 1.807) is 4.68 Å². The molecule has 0 radical (unpaired) electrons. The van der Waals surface area contributed by atoms with Crippen LogP contribution in [0.5, 0.6) is 5.75 Å². The van der Waals surface area contributed by atoms with Gasteiger partial charge in [-0.2, -0.15) is 10.1 Å². The molecule has 1 aliphatic heterocycles. The number of fused-ring (bicyclic) bond motifs is 1. The van der Waals surface area contributed by atoms with Crippen molar-refractivity contribution in [3.63, 3.8) is 0 Å². The second kappa shape index (κ2) is 10.4. The summed E-state index contributed by atoms with van der Waals surface area (Å²) >= 11 is 0. The predicted octanol–water partition coefficient (Wildman–Crippen LogP) is 5.43. The zero-order valence-electron chi connectivity index (χ0n) is 21.3. The van der Waals surface area contributed by atoms with Gasteiger partial charge in [-0.1, -0.05) is 55.5 Å². The molecule has 6 rings (SSSR count). The lowest BCUT2D eigenvalue weighted by atomic mass is 9.86. The van der Waals surface area contributed by atoms with Gasteiger partial charge in [-0.25, -0.2) is 0 Å². The van der Waals surface area contributed by atoms with E-state index in [-0.39, 0.29) is 12.0 Å². The van der Waals surface area contributed by atoms with Crippen LogP contribution >= 0.6 is 0 Å². The third-order valence-corrected chi connectivity index (χ3v) is 7.77. The first kappa shape index (κ1) is 23.7. The molecule has 0 N–H and O–H groups in total. The number of aromatic nitrogens is 4. The van der Waals surface area contributed by atoms with Crippen molar-refractivity contribution in [2.75, 3.05) is 13.1 Å². The predicted molar refractivity (Wildman–Crippen MR) is 140 cm³/mol. The number of aryl methyl sites for hydroxylation is 2. The van der Waals surface area contributed by atoms with Crippen molar-refractivity contribution >= 4 is 16.8 Å². The van der Waals surface area contributed by atoms with Crippen LogP contribution < -0.4 is 4.74 Å². The van der Waals surface area contributed by atoms with Crippen molar-refractivity contribution in [3.8, 4) is 17.1 Å². The largest absolute Gasteiger partial charge is 0.489 e. The number of rotatable bonds is 7. The second-order valence-electron chi connectivity index (χ2n) is 10.3. The molecular formula is C29H33N5O3. The standard InChI is InChI=1S/C29H33N5O3/c1-33-25-10-6-5-9-24(25)27(31-33)29(35)34-18-17-23(19-34)36-22-14-12-21(13-15-22)28-30-26(37-32-28)16-11-20-7-3-2-4-8-20/h5-6,9-10,12-15,20,23H,2-4,7-8,11,16-19H2,1H3/t23-/m1/s1. The van der Waals surface area contributed by atoms with Gasteiger partial charge in [0.15, 0.2) is 5.69 Å². The minimum Gasteiger partial charge on any atom is -0.489 e. The first-order valence-electron chi connectivity index (χ1n) is 13.4. The van der Waals surface area contributed by atoms with E-state index in [9.17, 15) is 4.79 Å². The van der Waals surface area contributed by atoms with Crippen LogP contribution in [-0.2, 0) is 13.5 Å². The van der Waals surface area contributed by atoms with Gasteiger partial charge in [0.25, 0.3) is 5.91 Å². The van der Waals surface area contributed by atoms with Crippen LogP contribution in [0, 0.1) is 5.92 Å². The van der Waals surface area contributed by atoms with Crippen LogP contribution in [0.1, 0.15) is 61.3 Å². The maximum absolute atomic E-state index is 13.2. The molecule has 192 valence electrons. The van der Waals surface area contributed by atoms with Crippen molar-refractivity contribution in [2.45, 2.75) is 57.5 Å². The highest BCUT2D eigenvalue weighted by Gasteiger charge is 2.30. The number of benzene rings is 2. The fraction of sp³-hybridized carbons (Fsp3) is 0.448. The van der Waals surface area contributed by atoms with E-state index in [0.29, 0.717) is 24.6 Å². The van der Waals surface area contributed by atoms with Crippen molar-refractivity contribution < 1.29 is 14.1 Å². The Balaban J connectivity index is 1.04. The van der Waals surface area contributed by atoms with Crippen LogP contribution in [0.2, 0.25) is 0 Å². The molecule has 0 unspecified atom stereocenters. The number of amides is 1. The molecule has 2 aromatic carbocycles. The van der Waals surface area contributed by atoms with Gasteiger partial charge in [-0.15, -0.1) is 0 Å². The molecule has 2 fully saturated rings. The number of hydrogen-bond donors (Lipinski definition) is 0. The molecule has 8 nitrogen and oxygen atoms in total. The van der Waals surface area contributed by atoms with Crippen LogP contribution in [-0.4, -0.2) is 49.9 Å². The first-order chi connectivity index (χ1) is 18.1. The highest BCUT2D eigenvalue weighted by Crippen LogP contribution is 2.28. The van der Waals surface area contributed by atoms with Gasteiger partial charge in [0, 0.05) is 37.4 Å². The Morgan fingerprint density at radius 2 is 1.86 bits per heavy atom. The van der Waals surface area contributed by atoms with Gasteiger partial charge in [-0.3, -0.25) is 9.48 Å². The van der Waals surface area contributed by atoms with Gasteiger partial charge in [0.2, 0.25) is 11.7 Å². The zero-order valence-corrected chi connectivity index (χ0v) is 21.3. The normalized spacial score (nSPS) is 18.5. The van der Waals surface area contributed by atoms with E-state index in [2.05, 4.69) is 15.2 Å². The molecule has 0 bridgehead atoms. The average Bonchev–Trinajstić information content (AvgIpc) is 3.68. The summed E-state index contributed by atoms with van der Waals surface area (Å²) in [6, 6.07) is 15.6. The summed E-state index contributed by atoms with van der Waals surface area (Å²) in [5, 5.41) is 9.55. The van der Waals surface area contributed by atoms with E-state index >= 15 is 0 Å². The van der Waals surface area contributed by atoms with Gasteiger partial charge in [0.1, 0.15) is 11.9 Å². The maximum Gasteiger partial charge on any atom is 0.275 e. The summed E-state index contributed by atoms with van der Waals surface area (Å²) in [7, 11) is 1.87. The molecule has 2 aliphatic rings. The monoisotopic (exact) mass is 499 g/mol. The van der Waals surface area contributed by atoms with Gasteiger partial charge in [-0.05, 0) is 42.7 Å². The van der Waals surface area contributed by atoms with E-state index in [4.69, 9.17) is 9.26 Å². The minimum atomic E-state index is -0.0543. The molecule has 37 heavy (non-hydrogen) atoms. The number of para-hydroxylation sites is 1. The second-order valence-corrected chi connectivity index (χ2v) is 10.3. The summed E-state index contributed by atoms with van der Waals surface area (Å²) in [6.45, 7) is 1.19. The van der Waals surface area contributed by atoms with Crippen LogP contribution in [0.4, 0.5) is 0 Å². The van der Waals surface area contributed by atoms with Crippen LogP contribution in [0.15, 0.2) is 53.1 Å². The number of carbonyl (C=O) groups is 1. The molecule has 0 spiro atoms. The highest BCUT2D eigenvalue weighted by atomic mass is 16.5. The summed E-state index contributed by atoms with van der Waals surface area (Å²) in [5.74, 6) is 2.86. The number of likely N-dealkylation sites (tertiary alicyclic amines) is 1. The van der Waals surface area contributed by atoms with Crippen molar-refractivity contribution in [2.24, 2.45) is 13.0 Å². The average molecular weight is 500 g/mol. The Kier molecular flexibility index (Phi) is 6.64. The maximum atomic E-state index is 13.2. The van der Waals surface area contributed by atoms with Crippen molar-refractivity contribution in [3.05, 3.63) is 60.1 Å². The SMILES string of the molecule is Cn1nc(C(=O)N2CC[C@@H](Oc3ccc(-c4noc(CCC5CCCCC5)n4)cc3)C2)c2ccccc21. The summed E-state index contributed by atoms with van der Waals surface area (Å²) in [5.41, 5.74) is 2.36. The Bertz CT molecular complexity index is 1370. The summed E-state index contributed by atoms with van der Waals surface area (Å²) in [4.78, 5) is 19.6. The fourth-order valence-corrected chi connectivity index (χ4v) is 5.68. The molecule has 1 atom stereocenters. The van der Waals surface area contributed by atoms with Gasteiger partial charge >= 0.3 is 0 Å². The number of nitrogens with zero attached hydrogens (tertiary/aromatic N) is 5.